The van der Waals surface area contributed by atoms with Gasteiger partial charge in [0, 0.05) is 16.4 Å². The van der Waals surface area contributed by atoms with Crippen molar-refractivity contribution in [3.05, 3.63) is 36.4 Å². The molecular formula is C13H9Cl4NO4S. The molecule has 5 nitrogen and oxygen atoms in total. The average Bonchev–Trinajstić information content (AvgIpc) is 2.43. The molecule has 0 aliphatic rings. The number of hydrogen-bond donors (Lipinski definition) is 1. The third-order valence-corrected chi connectivity index (χ3v) is 4.39. The predicted octanol–water partition coefficient (Wildman–Crippen LogP) is 4.69. The summed E-state index contributed by atoms with van der Waals surface area (Å²) >= 11 is 16.4. The quantitative estimate of drug-likeness (QED) is 0.582. The minimum Gasteiger partial charge on any atom is -0.445 e. The second kappa shape index (κ2) is 6.91. The molecule has 0 aromatic heterocycles. The van der Waals surface area contributed by atoms with Crippen molar-refractivity contribution in [3.8, 4) is 0 Å². The highest BCUT2D eigenvalue weighted by atomic mass is 35.7. The monoisotopic (exact) mass is 415 g/mol. The molecule has 0 atom stereocenters. The summed E-state index contributed by atoms with van der Waals surface area (Å²) in [6.07, 6.45) is -0.782. The number of carbonyl (C=O) groups excluding carboxylic acids is 1. The minimum atomic E-state index is -3.80. The van der Waals surface area contributed by atoms with E-state index in [9.17, 15) is 13.2 Å². The molecule has 23 heavy (non-hydrogen) atoms. The van der Waals surface area contributed by atoms with Crippen LogP contribution in [0.1, 0.15) is 0 Å². The van der Waals surface area contributed by atoms with E-state index in [1.54, 1.807) is 24.3 Å². The van der Waals surface area contributed by atoms with Gasteiger partial charge in [0.05, 0.1) is 4.90 Å². The van der Waals surface area contributed by atoms with E-state index in [1.807, 2.05) is 0 Å². The summed E-state index contributed by atoms with van der Waals surface area (Å²) in [5, 5.41) is 3.82. The van der Waals surface area contributed by atoms with Crippen LogP contribution in [0.25, 0.3) is 10.8 Å². The Bertz CT molecular complexity index is 849. The SMILES string of the molecule is O=C(Nc1ccc2cc(S(=O)(=O)Cl)ccc2c1)OCC(Cl)(Cl)Cl. The Morgan fingerprint density at radius 2 is 1.70 bits per heavy atom. The molecule has 124 valence electrons. The first-order valence-electron chi connectivity index (χ1n) is 6.04. The molecule has 0 aliphatic carbocycles. The Hall–Kier alpha value is -0.920. The second-order valence-electron chi connectivity index (χ2n) is 4.48. The summed E-state index contributed by atoms with van der Waals surface area (Å²) < 4.78 is 25.7. The highest BCUT2D eigenvalue weighted by Crippen LogP contribution is 2.27. The van der Waals surface area contributed by atoms with Crippen LogP contribution >= 0.6 is 45.5 Å². The van der Waals surface area contributed by atoms with Gasteiger partial charge in [-0.25, -0.2) is 13.2 Å². The van der Waals surface area contributed by atoms with Crippen LogP contribution in [0.4, 0.5) is 10.5 Å². The van der Waals surface area contributed by atoms with E-state index < -0.39 is 25.5 Å². The van der Waals surface area contributed by atoms with Crippen molar-refractivity contribution in [2.75, 3.05) is 11.9 Å². The Balaban J connectivity index is 2.16. The molecule has 1 amide bonds. The fourth-order valence-electron chi connectivity index (χ4n) is 1.75. The van der Waals surface area contributed by atoms with Crippen LogP contribution in [0.3, 0.4) is 0 Å². The lowest BCUT2D eigenvalue weighted by Gasteiger charge is -2.12. The van der Waals surface area contributed by atoms with Crippen LogP contribution in [-0.4, -0.2) is 24.9 Å². The second-order valence-corrected chi connectivity index (χ2v) is 9.56. The van der Waals surface area contributed by atoms with Gasteiger partial charge in [0.15, 0.2) is 0 Å². The molecule has 0 spiro atoms. The molecule has 2 aromatic carbocycles. The van der Waals surface area contributed by atoms with Gasteiger partial charge in [-0.15, -0.1) is 0 Å². The molecule has 0 saturated heterocycles. The molecule has 1 N–H and O–H groups in total. The maximum Gasteiger partial charge on any atom is 0.411 e. The molecule has 10 heteroatoms. The Morgan fingerprint density at radius 1 is 1.09 bits per heavy atom. The van der Waals surface area contributed by atoms with Crippen LogP contribution in [-0.2, 0) is 13.8 Å². The van der Waals surface area contributed by atoms with E-state index in [-0.39, 0.29) is 4.90 Å². The largest absolute Gasteiger partial charge is 0.445 e. The normalized spacial score (nSPS) is 12.2. The molecule has 0 heterocycles. The molecule has 0 bridgehead atoms. The first kappa shape index (κ1) is 18.4. The molecular weight excluding hydrogens is 408 g/mol. The number of alkyl halides is 3. The van der Waals surface area contributed by atoms with E-state index in [0.717, 1.165) is 0 Å². The zero-order valence-corrected chi connectivity index (χ0v) is 15.1. The Morgan fingerprint density at radius 3 is 2.30 bits per heavy atom. The fraction of sp³-hybridized carbons (Fsp3) is 0.154. The highest BCUT2D eigenvalue weighted by molar-refractivity contribution is 8.13. The van der Waals surface area contributed by atoms with Gasteiger partial charge in [-0.2, -0.15) is 0 Å². The average molecular weight is 417 g/mol. The molecule has 0 radical (unpaired) electrons. The third kappa shape index (κ3) is 5.58. The zero-order valence-electron chi connectivity index (χ0n) is 11.2. The topological polar surface area (TPSA) is 72.5 Å². The van der Waals surface area contributed by atoms with Crippen molar-refractivity contribution in [1.82, 2.24) is 0 Å². The number of carbonyl (C=O) groups is 1. The van der Waals surface area contributed by atoms with Crippen molar-refractivity contribution in [1.29, 1.82) is 0 Å². The van der Waals surface area contributed by atoms with Crippen LogP contribution in [0, 0.1) is 0 Å². The standard InChI is InChI=1S/C13H9Cl4NO4S/c14-13(15,16)7-22-12(19)18-10-3-1-9-6-11(23(17,20)21)4-2-8(9)5-10/h1-6H,7H2,(H,18,19). The van der Waals surface area contributed by atoms with Gasteiger partial charge in [-0.3, -0.25) is 5.32 Å². The number of hydrogen-bond acceptors (Lipinski definition) is 4. The van der Waals surface area contributed by atoms with Gasteiger partial charge in [0.2, 0.25) is 3.79 Å². The van der Waals surface area contributed by atoms with E-state index in [1.165, 1.54) is 12.1 Å². The number of rotatable bonds is 3. The van der Waals surface area contributed by atoms with E-state index >= 15 is 0 Å². The lowest BCUT2D eigenvalue weighted by molar-refractivity contribution is 0.164. The van der Waals surface area contributed by atoms with E-state index in [2.05, 4.69) is 5.32 Å². The van der Waals surface area contributed by atoms with Crippen LogP contribution in [0.2, 0.25) is 0 Å². The number of anilines is 1. The number of amides is 1. The summed E-state index contributed by atoms with van der Waals surface area (Å²) in [5.74, 6) is 0. The predicted molar refractivity (Wildman–Crippen MR) is 92.2 cm³/mol. The number of fused-ring (bicyclic) bond motifs is 1. The molecule has 2 aromatic rings. The van der Waals surface area contributed by atoms with Gasteiger partial charge in [-0.1, -0.05) is 46.9 Å². The van der Waals surface area contributed by atoms with Gasteiger partial charge < -0.3 is 4.74 Å². The number of halogens is 4. The van der Waals surface area contributed by atoms with Crippen LogP contribution in [0.5, 0.6) is 0 Å². The van der Waals surface area contributed by atoms with Crippen molar-refractivity contribution < 1.29 is 17.9 Å². The highest BCUT2D eigenvalue weighted by Gasteiger charge is 2.22. The first-order valence-corrected chi connectivity index (χ1v) is 9.48. The van der Waals surface area contributed by atoms with Crippen molar-refractivity contribution in [2.24, 2.45) is 0 Å². The summed E-state index contributed by atoms with van der Waals surface area (Å²) in [7, 11) is 1.50. The zero-order chi connectivity index (χ0) is 17.3. The third-order valence-electron chi connectivity index (χ3n) is 2.71. The lowest BCUT2D eigenvalue weighted by atomic mass is 10.1. The first-order chi connectivity index (χ1) is 10.5. The Labute approximate surface area is 151 Å². The van der Waals surface area contributed by atoms with Gasteiger partial charge in [0.25, 0.3) is 9.05 Å². The smallest absolute Gasteiger partial charge is 0.411 e. The van der Waals surface area contributed by atoms with Gasteiger partial charge >= 0.3 is 6.09 Å². The number of ether oxygens (including phenoxy) is 1. The van der Waals surface area contributed by atoms with Crippen LogP contribution in [0.15, 0.2) is 41.3 Å². The van der Waals surface area contributed by atoms with Crippen molar-refractivity contribution >= 4 is 77.1 Å². The van der Waals surface area contributed by atoms with Crippen molar-refractivity contribution in [3.63, 3.8) is 0 Å². The summed E-state index contributed by atoms with van der Waals surface area (Å²) in [6, 6.07) is 9.21. The summed E-state index contributed by atoms with van der Waals surface area (Å²) in [4.78, 5) is 11.6. The van der Waals surface area contributed by atoms with Crippen molar-refractivity contribution in [2.45, 2.75) is 8.69 Å². The van der Waals surface area contributed by atoms with Gasteiger partial charge in [-0.05, 0) is 35.0 Å². The summed E-state index contributed by atoms with van der Waals surface area (Å²) in [6.45, 7) is -0.395. The molecule has 2 rings (SSSR count). The molecule has 0 aliphatic heterocycles. The fourth-order valence-corrected chi connectivity index (χ4v) is 2.70. The molecule has 0 unspecified atom stereocenters. The van der Waals surface area contributed by atoms with Gasteiger partial charge in [0.1, 0.15) is 6.61 Å². The molecule has 0 fully saturated rings. The number of benzene rings is 2. The summed E-state index contributed by atoms with van der Waals surface area (Å²) in [5.41, 5.74) is 0.438. The molecule has 0 saturated carbocycles. The Kier molecular flexibility index (Phi) is 5.53. The van der Waals surface area contributed by atoms with E-state index in [0.29, 0.717) is 16.5 Å². The van der Waals surface area contributed by atoms with E-state index in [4.69, 9.17) is 50.2 Å². The maximum absolute atomic E-state index is 11.6. The minimum absolute atomic E-state index is 0.00513. The lowest BCUT2D eigenvalue weighted by Crippen LogP contribution is -2.21. The van der Waals surface area contributed by atoms with Crippen LogP contribution < -0.4 is 5.32 Å². The number of nitrogens with one attached hydrogen (secondary N) is 1. The maximum atomic E-state index is 11.6.